The molecule has 7 heteroatoms. The van der Waals surface area contributed by atoms with E-state index in [2.05, 4.69) is 15.6 Å². The molecule has 7 N–H and O–H groups in total. The number of rotatable bonds is 3. The fourth-order valence-corrected chi connectivity index (χ4v) is 2.67. The van der Waals surface area contributed by atoms with Gasteiger partial charge in [0, 0.05) is 35.4 Å². The molecule has 2 aromatic rings. The van der Waals surface area contributed by atoms with E-state index in [1.165, 1.54) is 0 Å². The number of benzene rings is 1. The Labute approximate surface area is 132 Å². The van der Waals surface area contributed by atoms with Gasteiger partial charge in [0.15, 0.2) is 0 Å². The second kappa shape index (κ2) is 5.62. The largest absolute Gasteiger partial charge is 0.361 e. The van der Waals surface area contributed by atoms with Crippen LogP contribution >= 0.6 is 0 Å². The molecule has 1 aromatic heterocycles. The molecule has 0 saturated heterocycles. The Morgan fingerprint density at radius 1 is 1.30 bits per heavy atom. The summed E-state index contributed by atoms with van der Waals surface area (Å²) < 4.78 is 0. The number of hydrogen-bond acceptors (Lipinski definition) is 3. The van der Waals surface area contributed by atoms with Gasteiger partial charge in [0.25, 0.3) is 5.91 Å². The van der Waals surface area contributed by atoms with Crippen LogP contribution in [0.25, 0.3) is 11.1 Å². The maximum atomic E-state index is 12.3. The van der Waals surface area contributed by atoms with Gasteiger partial charge in [0.2, 0.25) is 0 Å². The zero-order valence-corrected chi connectivity index (χ0v) is 12.6. The number of hydrogen-bond donors (Lipinski definition) is 5. The van der Waals surface area contributed by atoms with Gasteiger partial charge in [0.1, 0.15) is 0 Å². The molecule has 0 bridgehead atoms. The number of aromatic nitrogens is 1. The van der Waals surface area contributed by atoms with Gasteiger partial charge in [0.05, 0.1) is 5.57 Å². The van der Waals surface area contributed by atoms with E-state index in [1.807, 2.05) is 19.2 Å². The molecule has 1 aliphatic rings. The molecule has 0 radical (unpaired) electrons. The lowest BCUT2D eigenvalue weighted by atomic mass is 9.99. The predicted octanol–water partition coefficient (Wildman–Crippen LogP) is 1.85. The van der Waals surface area contributed by atoms with Crippen molar-refractivity contribution in [2.75, 3.05) is 10.6 Å². The normalized spacial score (nSPS) is 15.1. The van der Waals surface area contributed by atoms with Crippen molar-refractivity contribution in [2.24, 2.45) is 11.5 Å². The summed E-state index contributed by atoms with van der Waals surface area (Å²) >= 11 is 0. The first-order valence-corrected chi connectivity index (χ1v) is 7.10. The lowest BCUT2D eigenvalue weighted by Crippen LogP contribution is -2.19. The number of carbonyl (C=O) groups is 2. The molecule has 0 atom stereocenters. The average molecular weight is 311 g/mol. The van der Waals surface area contributed by atoms with Gasteiger partial charge >= 0.3 is 6.03 Å². The Balaban J connectivity index is 2.09. The number of allylic oxidation sites excluding steroid dienone is 1. The van der Waals surface area contributed by atoms with Gasteiger partial charge < -0.3 is 27.1 Å². The van der Waals surface area contributed by atoms with E-state index >= 15 is 0 Å². The lowest BCUT2D eigenvalue weighted by Gasteiger charge is -2.07. The number of H-pyrrole nitrogens is 1. The van der Waals surface area contributed by atoms with Gasteiger partial charge in [-0.15, -0.1) is 0 Å². The third-order valence-electron chi connectivity index (χ3n) is 3.79. The molecular weight excluding hydrogens is 294 g/mol. The summed E-state index contributed by atoms with van der Waals surface area (Å²) in [5, 5.41) is 5.33. The summed E-state index contributed by atoms with van der Waals surface area (Å²) in [5.41, 5.74) is 15.9. The first-order chi connectivity index (χ1) is 11.0. The fourth-order valence-electron chi connectivity index (χ4n) is 2.67. The van der Waals surface area contributed by atoms with Crippen molar-refractivity contribution < 1.29 is 9.59 Å². The summed E-state index contributed by atoms with van der Waals surface area (Å²) in [7, 11) is 0. The zero-order chi connectivity index (χ0) is 16.6. The Bertz CT molecular complexity index is 835. The smallest absolute Gasteiger partial charge is 0.316 e. The van der Waals surface area contributed by atoms with Gasteiger partial charge in [-0.25, -0.2) is 4.79 Å². The molecule has 3 amide bonds. The van der Waals surface area contributed by atoms with E-state index in [9.17, 15) is 9.59 Å². The maximum absolute atomic E-state index is 12.3. The number of anilines is 2. The quantitative estimate of drug-likeness (QED) is 0.555. The van der Waals surface area contributed by atoms with Crippen molar-refractivity contribution in [1.29, 1.82) is 0 Å². The van der Waals surface area contributed by atoms with Crippen LogP contribution in [-0.4, -0.2) is 16.9 Å². The highest BCUT2D eigenvalue weighted by Gasteiger charge is 2.27. The molecule has 7 nitrogen and oxygen atoms in total. The van der Waals surface area contributed by atoms with E-state index in [1.54, 1.807) is 18.2 Å². The highest BCUT2D eigenvalue weighted by atomic mass is 16.2. The Hall–Kier alpha value is -3.06. The van der Waals surface area contributed by atoms with E-state index in [0.717, 1.165) is 22.4 Å². The third-order valence-corrected chi connectivity index (χ3v) is 3.79. The first kappa shape index (κ1) is 14.9. The standard InChI is InChI=1S/C16H17N5O2/c1-8(13-4-9(6-17)7-19-13)14-11-5-10(20-16(18)23)2-3-12(11)21-15(14)22/h2-5,7,19H,6,17H2,1H3,(H,21,22)(H3,18,20,23)/b14-8+. The van der Waals surface area contributed by atoms with Gasteiger partial charge in [-0.1, -0.05) is 0 Å². The van der Waals surface area contributed by atoms with Gasteiger partial charge in [-0.2, -0.15) is 0 Å². The molecule has 23 heavy (non-hydrogen) atoms. The summed E-state index contributed by atoms with van der Waals surface area (Å²) in [6.45, 7) is 2.29. The van der Waals surface area contributed by atoms with Crippen molar-refractivity contribution in [3.8, 4) is 0 Å². The summed E-state index contributed by atoms with van der Waals surface area (Å²) in [6, 6.07) is 6.41. The van der Waals surface area contributed by atoms with Crippen LogP contribution in [-0.2, 0) is 11.3 Å². The topological polar surface area (TPSA) is 126 Å². The minimum absolute atomic E-state index is 0.183. The van der Waals surface area contributed by atoms with Crippen molar-refractivity contribution >= 4 is 34.5 Å². The number of primary amides is 1. The number of nitrogens with one attached hydrogen (secondary N) is 3. The predicted molar refractivity (Wildman–Crippen MR) is 89.4 cm³/mol. The number of aromatic amines is 1. The summed E-state index contributed by atoms with van der Waals surface area (Å²) in [4.78, 5) is 26.5. The number of carbonyl (C=O) groups excluding carboxylic acids is 2. The molecule has 0 fully saturated rings. The van der Waals surface area contributed by atoms with E-state index < -0.39 is 6.03 Å². The van der Waals surface area contributed by atoms with Crippen molar-refractivity contribution in [3.05, 3.63) is 47.3 Å². The SMILES string of the molecule is C/C(=C1\C(=O)Nc2ccc(NC(N)=O)cc21)c1cc(CN)c[nH]1. The second-order valence-corrected chi connectivity index (χ2v) is 5.33. The highest BCUT2D eigenvalue weighted by Crippen LogP contribution is 2.38. The molecule has 0 spiro atoms. The van der Waals surface area contributed by atoms with Crippen LogP contribution in [0.5, 0.6) is 0 Å². The zero-order valence-electron chi connectivity index (χ0n) is 12.6. The van der Waals surface area contributed by atoms with Crippen LogP contribution in [0.15, 0.2) is 30.5 Å². The van der Waals surface area contributed by atoms with Gasteiger partial charge in [-0.05, 0) is 42.3 Å². The number of amides is 3. The molecular formula is C16H17N5O2. The van der Waals surface area contributed by atoms with Crippen LogP contribution in [0, 0.1) is 0 Å². The maximum Gasteiger partial charge on any atom is 0.316 e. The van der Waals surface area contributed by atoms with Crippen molar-refractivity contribution in [2.45, 2.75) is 13.5 Å². The summed E-state index contributed by atoms with van der Waals surface area (Å²) in [6.07, 6.45) is 1.82. The van der Waals surface area contributed by atoms with Gasteiger partial charge in [-0.3, -0.25) is 4.79 Å². The highest BCUT2D eigenvalue weighted by molar-refractivity contribution is 6.36. The van der Waals surface area contributed by atoms with Crippen LogP contribution in [0.1, 0.15) is 23.7 Å². The van der Waals surface area contributed by atoms with Crippen molar-refractivity contribution in [1.82, 2.24) is 4.98 Å². The molecule has 1 aliphatic heterocycles. The first-order valence-electron chi connectivity index (χ1n) is 7.10. The molecule has 3 rings (SSSR count). The third kappa shape index (κ3) is 2.69. The molecule has 2 heterocycles. The molecule has 0 aliphatic carbocycles. The molecule has 0 saturated carbocycles. The minimum Gasteiger partial charge on any atom is -0.361 e. The van der Waals surface area contributed by atoms with E-state index in [4.69, 9.17) is 11.5 Å². The van der Waals surface area contributed by atoms with Crippen LogP contribution in [0.3, 0.4) is 0 Å². The molecule has 0 unspecified atom stereocenters. The number of fused-ring (bicyclic) bond motifs is 1. The van der Waals surface area contributed by atoms with Crippen molar-refractivity contribution in [3.63, 3.8) is 0 Å². The van der Waals surface area contributed by atoms with E-state index in [-0.39, 0.29) is 5.91 Å². The molecule has 118 valence electrons. The Morgan fingerprint density at radius 2 is 2.09 bits per heavy atom. The van der Waals surface area contributed by atoms with Crippen LogP contribution < -0.4 is 22.1 Å². The Kier molecular flexibility index (Phi) is 3.63. The molecule has 1 aromatic carbocycles. The second-order valence-electron chi connectivity index (χ2n) is 5.33. The summed E-state index contributed by atoms with van der Waals surface area (Å²) in [5.74, 6) is -0.183. The number of nitrogens with two attached hydrogens (primary N) is 2. The van der Waals surface area contributed by atoms with Crippen LogP contribution in [0.4, 0.5) is 16.2 Å². The average Bonchev–Trinajstić information content (AvgIpc) is 3.09. The Morgan fingerprint density at radius 3 is 2.74 bits per heavy atom. The monoisotopic (exact) mass is 311 g/mol. The van der Waals surface area contributed by atoms with E-state index in [0.29, 0.717) is 23.5 Å². The fraction of sp³-hybridized carbons (Fsp3) is 0.125. The number of urea groups is 1. The lowest BCUT2D eigenvalue weighted by molar-refractivity contribution is -0.110. The minimum atomic E-state index is -0.651. The van der Waals surface area contributed by atoms with Crippen LogP contribution in [0.2, 0.25) is 0 Å².